The normalized spacial score (nSPS) is 37.8. The SMILES string of the molecule is OCC1CCCNC1C1CCC1. The first-order valence-corrected chi connectivity index (χ1v) is 5.26. The third kappa shape index (κ3) is 1.50. The quantitative estimate of drug-likeness (QED) is 0.650. The Morgan fingerprint density at radius 1 is 1.17 bits per heavy atom. The molecular formula is C10H19NO. The molecule has 0 aromatic carbocycles. The van der Waals surface area contributed by atoms with Gasteiger partial charge in [-0.2, -0.15) is 0 Å². The van der Waals surface area contributed by atoms with Crippen molar-refractivity contribution in [1.29, 1.82) is 0 Å². The highest BCUT2D eigenvalue weighted by molar-refractivity contribution is 4.89. The Bertz CT molecular complexity index is 145. The molecule has 0 bridgehead atoms. The minimum absolute atomic E-state index is 0.383. The molecule has 2 N–H and O–H groups in total. The van der Waals surface area contributed by atoms with Gasteiger partial charge in [0.25, 0.3) is 0 Å². The number of hydrogen-bond donors (Lipinski definition) is 2. The number of hydrogen-bond acceptors (Lipinski definition) is 2. The lowest BCUT2D eigenvalue weighted by atomic mass is 9.73. The van der Waals surface area contributed by atoms with Crippen molar-refractivity contribution in [3.05, 3.63) is 0 Å². The molecule has 2 atom stereocenters. The van der Waals surface area contributed by atoms with Crippen LogP contribution < -0.4 is 5.32 Å². The lowest BCUT2D eigenvalue weighted by Gasteiger charge is -2.41. The summed E-state index contributed by atoms with van der Waals surface area (Å²) in [6.45, 7) is 1.55. The third-order valence-electron chi connectivity index (χ3n) is 3.53. The predicted octanol–water partition coefficient (Wildman–Crippen LogP) is 1.15. The topological polar surface area (TPSA) is 32.3 Å². The highest BCUT2D eigenvalue weighted by atomic mass is 16.3. The molecule has 2 rings (SSSR count). The maximum atomic E-state index is 9.19. The van der Waals surface area contributed by atoms with Crippen molar-refractivity contribution >= 4 is 0 Å². The van der Waals surface area contributed by atoms with Crippen LogP contribution in [-0.2, 0) is 0 Å². The van der Waals surface area contributed by atoms with Gasteiger partial charge in [0, 0.05) is 12.6 Å². The van der Waals surface area contributed by atoms with Crippen LogP contribution in [-0.4, -0.2) is 24.3 Å². The number of piperidine rings is 1. The van der Waals surface area contributed by atoms with Crippen LogP contribution in [0.15, 0.2) is 0 Å². The number of aliphatic hydroxyl groups excluding tert-OH is 1. The number of aliphatic hydroxyl groups is 1. The van der Waals surface area contributed by atoms with Crippen molar-refractivity contribution in [2.24, 2.45) is 11.8 Å². The molecule has 12 heavy (non-hydrogen) atoms. The molecule has 2 nitrogen and oxygen atoms in total. The molecule has 0 aromatic rings. The largest absolute Gasteiger partial charge is 0.396 e. The van der Waals surface area contributed by atoms with E-state index in [2.05, 4.69) is 5.32 Å². The van der Waals surface area contributed by atoms with E-state index in [1.165, 1.54) is 32.1 Å². The summed E-state index contributed by atoms with van der Waals surface area (Å²) in [5, 5.41) is 12.8. The maximum absolute atomic E-state index is 9.19. The van der Waals surface area contributed by atoms with Crippen LogP contribution in [0.4, 0.5) is 0 Å². The number of rotatable bonds is 2. The van der Waals surface area contributed by atoms with Gasteiger partial charge in [0.05, 0.1) is 0 Å². The predicted molar refractivity (Wildman–Crippen MR) is 48.9 cm³/mol. The molecule has 2 aliphatic rings. The van der Waals surface area contributed by atoms with Gasteiger partial charge >= 0.3 is 0 Å². The van der Waals surface area contributed by atoms with Crippen LogP contribution in [0.2, 0.25) is 0 Å². The molecule has 0 spiro atoms. The summed E-state index contributed by atoms with van der Waals surface area (Å²) in [4.78, 5) is 0. The van der Waals surface area contributed by atoms with Gasteiger partial charge in [-0.1, -0.05) is 6.42 Å². The Hall–Kier alpha value is -0.0800. The van der Waals surface area contributed by atoms with E-state index in [0.717, 1.165) is 12.5 Å². The van der Waals surface area contributed by atoms with E-state index < -0.39 is 0 Å². The fourth-order valence-electron chi connectivity index (χ4n) is 2.53. The summed E-state index contributed by atoms with van der Waals surface area (Å²) in [7, 11) is 0. The van der Waals surface area contributed by atoms with E-state index in [1.807, 2.05) is 0 Å². The van der Waals surface area contributed by atoms with Crippen LogP contribution in [0.1, 0.15) is 32.1 Å². The number of nitrogens with one attached hydrogen (secondary N) is 1. The average molecular weight is 169 g/mol. The van der Waals surface area contributed by atoms with Crippen LogP contribution >= 0.6 is 0 Å². The van der Waals surface area contributed by atoms with E-state index in [9.17, 15) is 5.11 Å². The van der Waals surface area contributed by atoms with Crippen molar-refractivity contribution in [1.82, 2.24) is 5.32 Å². The summed E-state index contributed by atoms with van der Waals surface area (Å²) in [5.41, 5.74) is 0. The third-order valence-corrected chi connectivity index (χ3v) is 3.53. The fraction of sp³-hybridized carbons (Fsp3) is 1.00. The van der Waals surface area contributed by atoms with Crippen molar-refractivity contribution in [2.45, 2.75) is 38.1 Å². The second-order valence-electron chi connectivity index (χ2n) is 4.26. The van der Waals surface area contributed by atoms with Gasteiger partial charge in [0.1, 0.15) is 0 Å². The fourth-order valence-corrected chi connectivity index (χ4v) is 2.53. The van der Waals surface area contributed by atoms with Crippen molar-refractivity contribution in [3.63, 3.8) is 0 Å². The van der Waals surface area contributed by atoms with Gasteiger partial charge in [-0.25, -0.2) is 0 Å². The van der Waals surface area contributed by atoms with Crippen molar-refractivity contribution < 1.29 is 5.11 Å². The van der Waals surface area contributed by atoms with Crippen LogP contribution in [0.5, 0.6) is 0 Å². The molecule has 0 radical (unpaired) electrons. The van der Waals surface area contributed by atoms with Gasteiger partial charge in [-0.05, 0) is 44.1 Å². The highest BCUT2D eigenvalue weighted by Gasteiger charge is 2.33. The molecule has 1 heterocycles. The molecule has 2 heteroatoms. The van der Waals surface area contributed by atoms with Gasteiger partial charge in [0.2, 0.25) is 0 Å². The minimum atomic E-state index is 0.383. The van der Waals surface area contributed by atoms with E-state index in [-0.39, 0.29) is 0 Å². The standard InChI is InChI=1S/C10H19NO/c12-7-9-5-2-6-11-10(9)8-3-1-4-8/h8-12H,1-7H2. The first-order valence-electron chi connectivity index (χ1n) is 5.26. The second kappa shape index (κ2) is 3.75. The van der Waals surface area contributed by atoms with Crippen LogP contribution in [0.25, 0.3) is 0 Å². The van der Waals surface area contributed by atoms with Crippen LogP contribution in [0.3, 0.4) is 0 Å². The van der Waals surface area contributed by atoms with Gasteiger partial charge in [-0.15, -0.1) is 0 Å². The molecule has 1 saturated carbocycles. The smallest absolute Gasteiger partial charge is 0.0474 e. The second-order valence-corrected chi connectivity index (χ2v) is 4.26. The average Bonchev–Trinajstić information content (AvgIpc) is 2.02. The Morgan fingerprint density at radius 3 is 2.58 bits per heavy atom. The Kier molecular flexibility index (Phi) is 2.66. The lowest BCUT2D eigenvalue weighted by Crippen LogP contribution is -2.49. The summed E-state index contributed by atoms with van der Waals surface area (Å²) in [5.74, 6) is 1.42. The summed E-state index contributed by atoms with van der Waals surface area (Å²) in [6, 6.07) is 0.637. The molecule has 1 aliphatic heterocycles. The Labute approximate surface area is 74.4 Å². The molecule has 2 fully saturated rings. The van der Waals surface area contributed by atoms with Gasteiger partial charge < -0.3 is 10.4 Å². The highest BCUT2D eigenvalue weighted by Crippen LogP contribution is 2.35. The van der Waals surface area contributed by atoms with Gasteiger partial charge in [0.15, 0.2) is 0 Å². The molecule has 1 aliphatic carbocycles. The molecule has 2 unspecified atom stereocenters. The molecule has 0 amide bonds. The Morgan fingerprint density at radius 2 is 2.00 bits per heavy atom. The zero-order valence-electron chi connectivity index (χ0n) is 7.63. The minimum Gasteiger partial charge on any atom is -0.396 e. The molecule has 70 valence electrons. The van der Waals surface area contributed by atoms with Crippen LogP contribution in [0, 0.1) is 11.8 Å². The monoisotopic (exact) mass is 169 g/mol. The first kappa shape index (κ1) is 8.52. The van der Waals surface area contributed by atoms with E-state index in [4.69, 9.17) is 0 Å². The first-order chi connectivity index (χ1) is 5.92. The van der Waals surface area contributed by atoms with Crippen molar-refractivity contribution in [2.75, 3.05) is 13.2 Å². The van der Waals surface area contributed by atoms with E-state index >= 15 is 0 Å². The summed E-state index contributed by atoms with van der Waals surface area (Å²) in [6.07, 6.45) is 6.64. The van der Waals surface area contributed by atoms with Crippen molar-refractivity contribution in [3.8, 4) is 0 Å². The van der Waals surface area contributed by atoms with E-state index in [1.54, 1.807) is 0 Å². The zero-order chi connectivity index (χ0) is 8.39. The molecule has 1 saturated heterocycles. The lowest BCUT2D eigenvalue weighted by molar-refractivity contribution is 0.0953. The molecular weight excluding hydrogens is 150 g/mol. The van der Waals surface area contributed by atoms with Gasteiger partial charge in [-0.3, -0.25) is 0 Å². The zero-order valence-corrected chi connectivity index (χ0v) is 7.63. The molecule has 0 aromatic heterocycles. The Balaban J connectivity index is 1.90. The summed E-state index contributed by atoms with van der Waals surface area (Å²) >= 11 is 0. The summed E-state index contributed by atoms with van der Waals surface area (Å²) < 4.78 is 0. The maximum Gasteiger partial charge on any atom is 0.0474 e. The van der Waals surface area contributed by atoms with E-state index in [0.29, 0.717) is 18.6 Å².